The van der Waals surface area contributed by atoms with Gasteiger partial charge in [0.05, 0.1) is 5.69 Å². The molecule has 0 spiro atoms. The van der Waals surface area contributed by atoms with Crippen molar-refractivity contribution < 1.29 is 4.79 Å². The number of aromatic amines is 1. The average Bonchev–Trinajstić information content (AvgIpc) is 2.78. The highest BCUT2D eigenvalue weighted by atomic mass is 16.1. The van der Waals surface area contributed by atoms with E-state index in [0.29, 0.717) is 11.3 Å². The highest BCUT2D eigenvalue weighted by Gasteiger charge is 2.04. The van der Waals surface area contributed by atoms with Crippen molar-refractivity contribution in [2.45, 2.75) is 34.6 Å². The monoisotopic (exact) mass is 221 g/mol. The summed E-state index contributed by atoms with van der Waals surface area (Å²) in [6.07, 6.45) is 3.18. The molecule has 0 unspecified atom stereocenters. The fourth-order valence-electron chi connectivity index (χ4n) is 1.04. The summed E-state index contributed by atoms with van der Waals surface area (Å²) in [4.78, 5) is 21.9. The number of Topliss-reactive ketones (excluding diaryl/α,β-unsaturated/α-hetero) is 1. The Kier molecular flexibility index (Phi) is 6.76. The van der Waals surface area contributed by atoms with E-state index in [2.05, 4.69) is 15.0 Å². The van der Waals surface area contributed by atoms with Crippen LogP contribution in [0.4, 0.5) is 0 Å². The predicted octanol–water partition coefficient (Wildman–Crippen LogP) is 3.21. The number of hydrogen-bond donors (Lipinski definition) is 1. The van der Waals surface area contributed by atoms with Crippen LogP contribution in [0.1, 0.15) is 45.1 Å². The lowest BCUT2D eigenvalue weighted by molar-refractivity contribution is 0.101. The number of hydrogen-bond acceptors (Lipinski definition) is 3. The number of nitrogens with zero attached hydrogens (tertiary/aromatic N) is 2. The first-order valence-electron chi connectivity index (χ1n) is 5.58. The molecule has 2 rings (SSSR count). The van der Waals surface area contributed by atoms with Gasteiger partial charge < -0.3 is 4.98 Å². The maximum atomic E-state index is 10.9. The molecule has 0 radical (unpaired) electrons. The van der Waals surface area contributed by atoms with Gasteiger partial charge in [-0.15, -0.1) is 0 Å². The third-order valence-electron chi connectivity index (χ3n) is 1.64. The van der Waals surface area contributed by atoms with Crippen molar-refractivity contribution in [1.82, 2.24) is 15.0 Å². The van der Waals surface area contributed by atoms with Crippen LogP contribution in [0.5, 0.6) is 0 Å². The third-order valence-corrected chi connectivity index (χ3v) is 1.64. The lowest BCUT2D eigenvalue weighted by Gasteiger charge is -1.83. The molecular formula is C12H19N3O. The maximum Gasteiger partial charge on any atom is 0.176 e. The Labute approximate surface area is 96.1 Å². The van der Waals surface area contributed by atoms with Gasteiger partial charge in [0, 0.05) is 19.3 Å². The van der Waals surface area contributed by atoms with Crippen molar-refractivity contribution >= 4 is 16.9 Å². The van der Waals surface area contributed by atoms with E-state index in [1.54, 1.807) is 18.5 Å². The largest absolute Gasteiger partial charge is 0.335 e. The molecule has 0 atom stereocenters. The van der Waals surface area contributed by atoms with E-state index in [-0.39, 0.29) is 5.78 Å². The normalized spacial score (nSPS) is 8.56. The minimum absolute atomic E-state index is 0.00481. The second-order valence-corrected chi connectivity index (χ2v) is 2.53. The van der Waals surface area contributed by atoms with Gasteiger partial charge in [0.1, 0.15) is 5.52 Å². The first-order chi connectivity index (χ1) is 7.77. The van der Waals surface area contributed by atoms with Crippen LogP contribution in [-0.4, -0.2) is 20.7 Å². The first-order valence-corrected chi connectivity index (χ1v) is 5.58. The van der Waals surface area contributed by atoms with Crippen molar-refractivity contribution in [3.63, 3.8) is 0 Å². The molecule has 0 amide bonds. The summed E-state index contributed by atoms with van der Waals surface area (Å²) in [5, 5.41) is 0. The molecule has 2 aromatic heterocycles. The Balaban J connectivity index is 0.000000509. The lowest BCUT2D eigenvalue weighted by atomic mass is 10.3. The SMILES string of the molecule is CC.CC.CC(=O)c1cc2nccnc2[nH]1. The Bertz CT molecular complexity index is 402. The molecular weight excluding hydrogens is 202 g/mol. The molecule has 88 valence electrons. The summed E-state index contributed by atoms with van der Waals surface area (Å²) in [5.74, 6) is -0.00481. The van der Waals surface area contributed by atoms with Gasteiger partial charge in [0.25, 0.3) is 0 Å². The molecule has 0 aromatic carbocycles. The Morgan fingerprint density at radius 3 is 2.19 bits per heavy atom. The van der Waals surface area contributed by atoms with Crippen molar-refractivity contribution in [2.75, 3.05) is 0 Å². The second kappa shape index (κ2) is 7.56. The van der Waals surface area contributed by atoms with Gasteiger partial charge >= 0.3 is 0 Å². The van der Waals surface area contributed by atoms with Gasteiger partial charge in [-0.05, 0) is 6.07 Å². The quantitative estimate of drug-likeness (QED) is 0.752. The number of ketones is 1. The maximum absolute atomic E-state index is 10.9. The summed E-state index contributed by atoms with van der Waals surface area (Å²) in [5.41, 5.74) is 1.93. The van der Waals surface area contributed by atoms with Gasteiger partial charge in [0.2, 0.25) is 0 Å². The number of carbonyl (C=O) groups is 1. The van der Waals surface area contributed by atoms with E-state index in [9.17, 15) is 4.79 Å². The van der Waals surface area contributed by atoms with Crippen LogP contribution in [0, 0.1) is 0 Å². The Morgan fingerprint density at radius 1 is 1.12 bits per heavy atom. The molecule has 0 saturated heterocycles. The lowest BCUT2D eigenvalue weighted by Crippen LogP contribution is -1.90. The van der Waals surface area contributed by atoms with E-state index in [1.807, 2.05) is 27.7 Å². The summed E-state index contributed by atoms with van der Waals surface area (Å²) < 4.78 is 0. The smallest absolute Gasteiger partial charge is 0.176 e. The molecule has 0 aliphatic rings. The molecule has 16 heavy (non-hydrogen) atoms. The van der Waals surface area contributed by atoms with Crippen molar-refractivity contribution in [3.05, 3.63) is 24.2 Å². The third kappa shape index (κ3) is 3.46. The van der Waals surface area contributed by atoms with Gasteiger partial charge in [-0.3, -0.25) is 9.78 Å². The van der Waals surface area contributed by atoms with Crippen LogP contribution in [-0.2, 0) is 0 Å². The molecule has 0 saturated carbocycles. The number of rotatable bonds is 1. The van der Waals surface area contributed by atoms with Crippen molar-refractivity contribution in [1.29, 1.82) is 0 Å². The molecule has 2 heterocycles. The Hall–Kier alpha value is -1.71. The molecule has 2 aromatic rings. The number of nitrogens with one attached hydrogen (secondary N) is 1. The summed E-state index contributed by atoms with van der Waals surface area (Å²) in [6.45, 7) is 9.50. The first kappa shape index (κ1) is 14.3. The van der Waals surface area contributed by atoms with Crippen molar-refractivity contribution in [3.8, 4) is 0 Å². The van der Waals surface area contributed by atoms with Gasteiger partial charge in [-0.2, -0.15) is 0 Å². The fraction of sp³-hybridized carbons (Fsp3) is 0.417. The summed E-state index contributed by atoms with van der Waals surface area (Å²) >= 11 is 0. The van der Waals surface area contributed by atoms with E-state index in [0.717, 1.165) is 5.52 Å². The predicted molar refractivity (Wildman–Crippen MR) is 66.6 cm³/mol. The number of carbonyl (C=O) groups excluding carboxylic acids is 1. The van der Waals surface area contributed by atoms with Crippen LogP contribution in [0.15, 0.2) is 18.5 Å². The van der Waals surface area contributed by atoms with Gasteiger partial charge in [-0.25, -0.2) is 4.98 Å². The topological polar surface area (TPSA) is 58.6 Å². The van der Waals surface area contributed by atoms with Gasteiger partial charge in [0.15, 0.2) is 11.4 Å². The van der Waals surface area contributed by atoms with Crippen molar-refractivity contribution in [2.24, 2.45) is 0 Å². The molecule has 0 bridgehead atoms. The van der Waals surface area contributed by atoms with Crippen LogP contribution in [0.25, 0.3) is 11.2 Å². The number of aromatic nitrogens is 3. The average molecular weight is 221 g/mol. The van der Waals surface area contributed by atoms with E-state index in [1.165, 1.54) is 6.92 Å². The molecule has 0 aliphatic carbocycles. The zero-order valence-electron chi connectivity index (χ0n) is 10.5. The van der Waals surface area contributed by atoms with Crippen LogP contribution in [0.3, 0.4) is 0 Å². The van der Waals surface area contributed by atoms with Crippen LogP contribution >= 0.6 is 0 Å². The van der Waals surface area contributed by atoms with Gasteiger partial charge in [-0.1, -0.05) is 27.7 Å². The van der Waals surface area contributed by atoms with E-state index < -0.39 is 0 Å². The zero-order chi connectivity index (χ0) is 12.6. The Morgan fingerprint density at radius 2 is 1.69 bits per heavy atom. The molecule has 0 aliphatic heterocycles. The van der Waals surface area contributed by atoms with E-state index >= 15 is 0 Å². The van der Waals surface area contributed by atoms with Crippen LogP contribution < -0.4 is 0 Å². The highest BCUT2D eigenvalue weighted by molar-refractivity contribution is 5.96. The second-order valence-electron chi connectivity index (χ2n) is 2.53. The minimum Gasteiger partial charge on any atom is -0.335 e. The molecule has 4 heteroatoms. The minimum atomic E-state index is -0.00481. The van der Waals surface area contributed by atoms with E-state index in [4.69, 9.17) is 0 Å². The zero-order valence-corrected chi connectivity index (χ0v) is 10.5. The summed E-state index contributed by atoms with van der Waals surface area (Å²) in [7, 11) is 0. The number of H-pyrrole nitrogens is 1. The summed E-state index contributed by atoms with van der Waals surface area (Å²) in [6, 6.07) is 1.70. The van der Waals surface area contributed by atoms with Crippen LogP contribution in [0.2, 0.25) is 0 Å². The fourth-order valence-corrected chi connectivity index (χ4v) is 1.04. The highest BCUT2D eigenvalue weighted by Crippen LogP contribution is 2.09. The molecule has 0 fully saturated rings. The standard InChI is InChI=1S/C8H7N3O.2C2H6/c1-5(12)6-4-7-8(11-6)10-3-2-9-7;2*1-2/h2-4H,1H3,(H,10,11);2*1-2H3. The molecule has 4 nitrogen and oxygen atoms in total. The molecule has 1 N–H and O–H groups in total. The number of fused-ring (bicyclic) bond motifs is 1.